The standard InChI is InChI=1S/C13H17BrN4O2S/c1-9-5-7-11(8-6-9)10(2)18(4)21(19,20)13-12(14)15-16-17(13)3/h5-8,10H,1-4H3. The Morgan fingerprint density at radius 3 is 2.33 bits per heavy atom. The number of benzene rings is 1. The molecule has 0 N–H and O–H groups in total. The first-order chi connectivity index (χ1) is 9.75. The second-order valence-corrected chi connectivity index (χ2v) is 7.58. The van der Waals surface area contributed by atoms with E-state index in [4.69, 9.17) is 0 Å². The minimum atomic E-state index is -3.69. The van der Waals surface area contributed by atoms with Crippen LogP contribution in [0.2, 0.25) is 0 Å². The number of hydrogen-bond acceptors (Lipinski definition) is 4. The molecule has 114 valence electrons. The average Bonchev–Trinajstić information content (AvgIpc) is 2.78. The molecule has 0 fully saturated rings. The molecule has 21 heavy (non-hydrogen) atoms. The van der Waals surface area contributed by atoms with E-state index in [9.17, 15) is 8.42 Å². The second-order valence-electron chi connectivity index (χ2n) is 4.92. The van der Waals surface area contributed by atoms with Crippen LogP contribution in [0, 0.1) is 6.92 Å². The van der Waals surface area contributed by atoms with Gasteiger partial charge >= 0.3 is 0 Å². The van der Waals surface area contributed by atoms with Crippen LogP contribution in [0.25, 0.3) is 0 Å². The molecule has 2 rings (SSSR count). The predicted molar refractivity (Wildman–Crippen MR) is 83.2 cm³/mol. The molecule has 1 aromatic heterocycles. The first-order valence-electron chi connectivity index (χ1n) is 6.35. The van der Waals surface area contributed by atoms with Gasteiger partial charge in [0.1, 0.15) is 0 Å². The van der Waals surface area contributed by atoms with Gasteiger partial charge in [-0.25, -0.2) is 13.1 Å². The van der Waals surface area contributed by atoms with Crippen LogP contribution in [0.3, 0.4) is 0 Å². The van der Waals surface area contributed by atoms with E-state index in [0.717, 1.165) is 11.1 Å². The molecule has 1 heterocycles. The Morgan fingerprint density at radius 2 is 1.86 bits per heavy atom. The van der Waals surface area contributed by atoms with Crippen molar-refractivity contribution in [3.63, 3.8) is 0 Å². The van der Waals surface area contributed by atoms with Crippen molar-refractivity contribution in [2.24, 2.45) is 7.05 Å². The van der Waals surface area contributed by atoms with Crippen molar-refractivity contribution in [3.8, 4) is 0 Å². The van der Waals surface area contributed by atoms with Crippen molar-refractivity contribution in [3.05, 3.63) is 40.0 Å². The normalized spacial score (nSPS) is 13.6. The topological polar surface area (TPSA) is 68.1 Å². The van der Waals surface area contributed by atoms with E-state index < -0.39 is 10.0 Å². The molecule has 0 radical (unpaired) electrons. The van der Waals surface area contributed by atoms with Crippen LogP contribution in [0.4, 0.5) is 0 Å². The highest BCUT2D eigenvalue weighted by molar-refractivity contribution is 9.10. The van der Waals surface area contributed by atoms with Gasteiger partial charge in [0, 0.05) is 20.1 Å². The van der Waals surface area contributed by atoms with Gasteiger partial charge in [-0.2, -0.15) is 4.31 Å². The maximum atomic E-state index is 12.7. The first kappa shape index (κ1) is 16.1. The quantitative estimate of drug-likeness (QED) is 0.825. The van der Waals surface area contributed by atoms with Crippen molar-refractivity contribution in [1.29, 1.82) is 0 Å². The van der Waals surface area contributed by atoms with E-state index in [2.05, 4.69) is 26.2 Å². The van der Waals surface area contributed by atoms with Crippen LogP contribution in [0.5, 0.6) is 0 Å². The number of nitrogens with zero attached hydrogens (tertiary/aromatic N) is 4. The second kappa shape index (κ2) is 5.86. The molecule has 2 aromatic rings. The Bertz CT molecular complexity index is 721. The zero-order valence-electron chi connectivity index (χ0n) is 12.3. The van der Waals surface area contributed by atoms with Crippen molar-refractivity contribution in [1.82, 2.24) is 19.3 Å². The van der Waals surface area contributed by atoms with Gasteiger partial charge < -0.3 is 0 Å². The lowest BCUT2D eigenvalue weighted by atomic mass is 10.1. The number of rotatable bonds is 4. The molecule has 0 saturated heterocycles. The summed E-state index contributed by atoms with van der Waals surface area (Å²) in [5, 5.41) is 7.50. The fourth-order valence-electron chi connectivity index (χ4n) is 2.00. The molecular formula is C13H17BrN4O2S. The number of hydrogen-bond donors (Lipinski definition) is 0. The van der Waals surface area contributed by atoms with Crippen molar-refractivity contribution < 1.29 is 8.42 Å². The highest BCUT2D eigenvalue weighted by Crippen LogP contribution is 2.28. The summed E-state index contributed by atoms with van der Waals surface area (Å²) in [6.45, 7) is 3.84. The van der Waals surface area contributed by atoms with Crippen molar-refractivity contribution in [2.75, 3.05) is 7.05 Å². The summed E-state index contributed by atoms with van der Waals surface area (Å²) in [5.41, 5.74) is 2.06. The lowest BCUT2D eigenvalue weighted by Crippen LogP contribution is -2.31. The van der Waals surface area contributed by atoms with Gasteiger partial charge in [0.15, 0.2) is 4.60 Å². The van der Waals surface area contributed by atoms with E-state index in [1.165, 1.54) is 8.99 Å². The smallest absolute Gasteiger partial charge is 0.235 e. The average molecular weight is 373 g/mol. The molecule has 0 spiro atoms. The molecule has 0 aliphatic rings. The lowest BCUT2D eigenvalue weighted by Gasteiger charge is -2.24. The Kier molecular flexibility index (Phi) is 4.50. The number of aryl methyl sites for hydroxylation is 2. The number of sulfonamides is 1. The molecule has 0 bridgehead atoms. The van der Waals surface area contributed by atoms with Gasteiger partial charge in [-0.05, 0) is 35.3 Å². The Hall–Kier alpha value is -1.25. The minimum Gasteiger partial charge on any atom is -0.235 e. The summed E-state index contributed by atoms with van der Waals surface area (Å²) >= 11 is 3.14. The van der Waals surface area contributed by atoms with Crippen molar-refractivity contribution in [2.45, 2.75) is 24.9 Å². The van der Waals surface area contributed by atoms with Crippen LogP contribution in [-0.4, -0.2) is 34.8 Å². The van der Waals surface area contributed by atoms with Crippen LogP contribution in [-0.2, 0) is 17.1 Å². The summed E-state index contributed by atoms with van der Waals surface area (Å²) in [6, 6.07) is 7.50. The van der Waals surface area contributed by atoms with E-state index in [1.807, 2.05) is 38.1 Å². The lowest BCUT2D eigenvalue weighted by molar-refractivity contribution is 0.393. The SMILES string of the molecule is Cc1ccc(C(C)N(C)S(=O)(=O)c2c(Br)nnn2C)cc1. The molecule has 1 aromatic carbocycles. The number of halogens is 1. The molecule has 0 aliphatic heterocycles. The molecule has 0 aliphatic carbocycles. The van der Waals surface area contributed by atoms with Crippen LogP contribution < -0.4 is 0 Å². The highest BCUT2D eigenvalue weighted by atomic mass is 79.9. The first-order valence-corrected chi connectivity index (χ1v) is 8.58. The summed E-state index contributed by atoms with van der Waals surface area (Å²) < 4.78 is 28.2. The van der Waals surface area contributed by atoms with Crippen LogP contribution >= 0.6 is 15.9 Å². The van der Waals surface area contributed by atoms with Crippen LogP contribution in [0.15, 0.2) is 33.9 Å². The summed E-state index contributed by atoms with van der Waals surface area (Å²) in [5.74, 6) is 0. The summed E-state index contributed by atoms with van der Waals surface area (Å²) in [7, 11) is -0.585. The van der Waals surface area contributed by atoms with Gasteiger partial charge in [-0.15, -0.1) is 5.10 Å². The zero-order valence-corrected chi connectivity index (χ0v) is 14.7. The molecule has 8 heteroatoms. The Labute approximate surface area is 132 Å². The predicted octanol–water partition coefficient (Wildman–Crippen LogP) is 2.27. The molecule has 0 saturated carbocycles. The van der Waals surface area contributed by atoms with Crippen LogP contribution in [0.1, 0.15) is 24.1 Å². The third kappa shape index (κ3) is 3.02. The third-order valence-electron chi connectivity index (χ3n) is 3.47. The summed E-state index contributed by atoms with van der Waals surface area (Å²) in [6.07, 6.45) is 0. The highest BCUT2D eigenvalue weighted by Gasteiger charge is 2.31. The Balaban J connectivity index is 2.38. The third-order valence-corrected chi connectivity index (χ3v) is 6.28. The molecule has 1 atom stereocenters. The molecule has 1 unspecified atom stereocenters. The number of aromatic nitrogens is 3. The summed E-state index contributed by atoms with van der Waals surface area (Å²) in [4.78, 5) is 0. The fraction of sp³-hybridized carbons (Fsp3) is 0.385. The van der Waals surface area contributed by atoms with Gasteiger partial charge in [0.05, 0.1) is 0 Å². The molecule has 0 amide bonds. The fourth-order valence-corrected chi connectivity index (χ4v) is 4.37. The van der Waals surface area contributed by atoms with E-state index in [0.29, 0.717) is 0 Å². The largest absolute Gasteiger partial charge is 0.263 e. The van der Waals surface area contributed by atoms with Gasteiger partial charge in [-0.3, -0.25) is 0 Å². The maximum absolute atomic E-state index is 12.7. The van der Waals surface area contributed by atoms with E-state index in [1.54, 1.807) is 14.1 Å². The molecular weight excluding hydrogens is 356 g/mol. The monoisotopic (exact) mass is 372 g/mol. The van der Waals surface area contributed by atoms with Crippen molar-refractivity contribution >= 4 is 26.0 Å². The van der Waals surface area contributed by atoms with Gasteiger partial charge in [-0.1, -0.05) is 35.0 Å². The minimum absolute atomic E-state index is 0.0453. The van der Waals surface area contributed by atoms with Gasteiger partial charge in [0.25, 0.3) is 10.0 Å². The Morgan fingerprint density at radius 1 is 1.29 bits per heavy atom. The van der Waals surface area contributed by atoms with E-state index >= 15 is 0 Å². The van der Waals surface area contributed by atoms with Gasteiger partial charge in [0.2, 0.25) is 5.03 Å². The van der Waals surface area contributed by atoms with E-state index in [-0.39, 0.29) is 15.7 Å². The zero-order chi connectivity index (χ0) is 15.8. The molecule has 6 nitrogen and oxygen atoms in total. The maximum Gasteiger partial charge on any atom is 0.263 e.